The molecule has 8 heteroatoms. The van der Waals surface area contributed by atoms with Gasteiger partial charge in [0.25, 0.3) is 5.91 Å². The number of carboxylic acids is 1. The molecule has 0 saturated carbocycles. The van der Waals surface area contributed by atoms with E-state index in [4.69, 9.17) is 9.84 Å². The van der Waals surface area contributed by atoms with E-state index in [2.05, 4.69) is 0 Å². The van der Waals surface area contributed by atoms with Crippen molar-refractivity contribution in [3.05, 3.63) is 24.3 Å². The van der Waals surface area contributed by atoms with Gasteiger partial charge in [-0.2, -0.15) is 0 Å². The first-order valence-electron chi connectivity index (χ1n) is 8.12. The summed E-state index contributed by atoms with van der Waals surface area (Å²) in [5.74, 6) is -1.54. The van der Waals surface area contributed by atoms with Gasteiger partial charge in [-0.05, 0) is 18.6 Å². The normalized spacial score (nSPS) is 23.2. The maximum Gasteiger partial charge on any atom is 0.343 e. The van der Waals surface area contributed by atoms with E-state index in [1.807, 2.05) is 0 Å². The topological polar surface area (TPSA) is 87.2 Å². The molecule has 2 saturated heterocycles. The Morgan fingerprint density at radius 3 is 2.76 bits per heavy atom. The van der Waals surface area contributed by atoms with Gasteiger partial charge < -0.3 is 19.6 Å². The molecule has 0 bridgehead atoms. The highest BCUT2D eigenvalue weighted by Gasteiger charge is 2.46. The molecule has 2 amide bonds. The van der Waals surface area contributed by atoms with Crippen molar-refractivity contribution in [2.75, 3.05) is 31.1 Å². The number of benzene rings is 1. The Balaban J connectivity index is 1.58. The average molecular weight is 350 g/mol. The molecule has 0 aliphatic carbocycles. The summed E-state index contributed by atoms with van der Waals surface area (Å²) in [7, 11) is 0. The maximum atomic E-state index is 14.0. The van der Waals surface area contributed by atoms with E-state index in [0.29, 0.717) is 24.4 Å². The third-order valence-corrected chi connectivity index (χ3v) is 4.52. The Kier molecular flexibility index (Phi) is 4.61. The summed E-state index contributed by atoms with van der Waals surface area (Å²) in [6, 6.07) is 6.87. The zero-order valence-corrected chi connectivity index (χ0v) is 13.6. The van der Waals surface area contributed by atoms with Crippen LogP contribution in [0.2, 0.25) is 0 Å². The van der Waals surface area contributed by atoms with Gasteiger partial charge in [-0.1, -0.05) is 6.07 Å². The van der Waals surface area contributed by atoms with Crippen LogP contribution in [0.4, 0.5) is 10.1 Å². The number of carbonyl (C=O) groups is 3. The van der Waals surface area contributed by atoms with Crippen LogP contribution in [0, 0.1) is 0 Å². The lowest BCUT2D eigenvalue weighted by Crippen LogP contribution is -2.40. The van der Waals surface area contributed by atoms with E-state index in [-0.39, 0.29) is 25.5 Å². The Labute approximate surface area is 144 Å². The fraction of sp³-hybridized carbons (Fsp3) is 0.471. The molecular weight excluding hydrogens is 331 g/mol. The molecule has 0 aromatic heterocycles. The standard InChI is InChI=1S/C17H19FN2O5/c18-17(16(23)24)6-8-19(11-17)15(22)10-25-13-4-1-3-12(9-13)20-7-2-5-14(20)21/h1,3-4,9H,2,5-8,10-11H2,(H,23,24). The lowest BCUT2D eigenvalue weighted by molar-refractivity contribution is -0.150. The van der Waals surface area contributed by atoms with Crippen molar-refractivity contribution in [3.8, 4) is 5.75 Å². The zero-order chi connectivity index (χ0) is 18.0. The second-order valence-corrected chi connectivity index (χ2v) is 6.27. The zero-order valence-electron chi connectivity index (χ0n) is 13.6. The van der Waals surface area contributed by atoms with Gasteiger partial charge in [-0.25, -0.2) is 9.18 Å². The minimum Gasteiger partial charge on any atom is -0.484 e. The monoisotopic (exact) mass is 350 g/mol. The number of ether oxygens (including phenoxy) is 1. The molecule has 7 nitrogen and oxygen atoms in total. The number of carboxylic acid groups (broad SMARTS) is 1. The second-order valence-electron chi connectivity index (χ2n) is 6.27. The quantitative estimate of drug-likeness (QED) is 0.863. The number of carbonyl (C=O) groups excluding carboxylic acids is 2. The van der Waals surface area contributed by atoms with Crippen molar-refractivity contribution >= 4 is 23.5 Å². The molecule has 2 fully saturated rings. The molecule has 0 radical (unpaired) electrons. The number of likely N-dealkylation sites (tertiary alicyclic amines) is 1. The minimum absolute atomic E-state index is 0.0489. The van der Waals surface area contributed by atoms with Gasteiger partial charge in [0.05, 0.1) is 6.54 Å². The number of hydrogen-bond acceptors (Lipinski definition) is 4. The minimum atomic E-state index is -2.38. The number of aliphatic carboxylic acids is 1. The molecule has 2 heterocycles. The number of rotatable bonds is 5. The molecule has 1 atom stereocenters. The van der Waals surface area contributed by atoms with Crippen LogP contribution in [0.15, 0.2) is 24.3 Å². The maximum absolute atomic E-state index is 14.0. The van der Waals surface area contributed by atoms with Crippen LogP contribution in [-0.4, -0.2) is 59.7 Å². The van der Waals surface area contributed by atoms with Gasteiger partial charge in [0, 0.05) is 37.7 Å². The summed E-state index contributed by atoms with van der Waals surface area (Å²) in [6.45, 7) is -0.0734. The van der Waals surface area contributed by atoms with Gasteiger partial charge in [0.1, 0.15) is 5.75 Å². The van der Waals surface area contributed by atoms with Crippen LogP contribution >= 0.6 is 0 Å². The lowest BCUT2D eigenvalue weighted by atomic mass is 10.1. The van der Waals surface area contributed by atoms with Gasteiger partial charge >= 0.3 is 5.97 Å². The molecule has 1 aromatic carbocycles. The summed E-state index contributed by atoms with van der Waals surface area (Å²) in [5.41, 5.74) is -1.67. The molecular formula is C17H19FN2O5. The van der Waals surface area contributed by atoms with Crippen LogP contribution < -0.4 is 9.64 Å². The molecule has 2 aliphatic heterocycles. The van der Waals surface area contributed by atoms with Crippen molar-refractivity contribution in [3.63, 3.8) is 0 Å². The van der Waals surface area contributed by atoms with E-state index in [1.165, 1.54) is 0 Å². The van der Waals surface area contributed by atoms with Gasteiger partial charge in [-0.15, -0.1) is 0 Å². The molecule has 25 heavy (non-hydrogen) atoms. The first-order chi connectivity index (χ1) is 11.9. The van der Waals surface area contributed by atoms with E-state index < -0.39 is 24.1 Å². The molecule has 1 unspecified atom stereocenters. The number of alkyl halides is 1. The number of anilines is 1. The van der Waals surface area contributed by atoms with Crippen LogP contribution in [0.3, 0.4) is 0 Å². The van der Waals surface area contributed by atoms with Gasteiger partial charge in [0.15, 0.2) is 6.61 Å². The SMILES string of the molecule is O=C(COc1cccc(N2CCCC2=O)c1)N1CCC(F)(C(=O)O)C1. The Bertz CT molecular complexity index is 710. The number of hydrogen-bond donors (Lipinski definition) is 1. The molecule has 2 aliphatic rings. The molecule has 3 rings (SSSR count). The number of halogens is 1. The van der Waals surface area contributed by atoms with Crippen molar-refractivity contribution in [2.45, 2.75) is 24.9 Å². The fourth-order valence-electron chi connectivity index (χ4n) is 3.06. The summed E-state index contributed by atoms with van der Waals surface area (Å²) in [5, 5.41) is 8.86. The van der Waals surface area contributed by atoms with E-state index in [9.17, 15) is 18.8 Å². The Morgan fingerprint density at radius 1 is 1.32 bits per heavy atom. The van der Waals surface area contributed by atoms with Gasteiger partial charge in [0.2, 0.25) is 11.6 Å². The Hall–Kier alpha value is -2.64. The smallest absolute Gasteiger partial charge is 0.343 e. The van der Waals surface area contributed by atoms with Crippen molar-refractivity contribution in [1.29, 1.82) is 0 Å². The molecule has 0 spiro atoms. The third-order valence-electron chi connectivity index (χ3n) is 4.52. The van der Waals surface area contributed by atoms with Crippen molar-refractivity contribution in [1.82, 2.24) is 4.90 Å². The second kappa shape index (κ2) is 6.70. The highest BCUT2D eigenvalue weighted by molar-refractivity contribution is 5.95. The van der Waals surface area contributed by atoms with Crippen LogP contribution in [0.25, 0.3) is 0 Å². The summed E-state index contributed by atoms with van der Waals surface area (Å²) >= 11 is 0. The highest BCUT2D eigenvalue weighted by Crippen LogP contribution is 2.27. The Morgan fingerprint density at radius 2 is 2.12 bits per heavy atom. The molecule has 134 valence electrons. The lowest BCUT2D eigenvalue weighted by Gasteiger charge is -2.19. The predicted octanol–water partition coefficient (Wildman–Crippen LogP) is 1.22. The third kappa shape index (κ3) is 3.57. The largest absolute Gasteiger partial charge is 0.484 e. The highest BCUT2D eigenvalue weighted by atomic mass is 19.1. The van der Waals surface area contributed by atoms with Crippen LogP contribution in [0.1, 0.15) is 19.3 Å². The van der Waals surface area contributed by atoms with Crippen molar-refractivity contribution < 1.29 is 28.6 Å². The van der Waals surface area contributed by atoms with Crippen LogP contribution in [0.5, 0.6) is 5.75 Å². The van der Waals surface area contributed by atoms with E-state index >= 15 is 0 Å². The first-order valence-corrected chi connectivity index (χ1v) is 8.12. The average Bonchev–Trinajstić information content (AvgIpc) is 3.20. The van der Waals surface area contributed by atoms with E-state index in [1.54, 1.807) is 29.2 Å². The van der Waals surface area contributed by atoms with Crippen molar-refractivity contribution in [2.24, 2.45) is 0 Å². The van der Waals surface area contributed by atoms with Crippen LogP contribution in [-0.2, 0) is 14.4 Å². The fourth-order valence-corrected chi connectivity index (χ4v) is 3.06. The number of amides is 2. The molecule has 1 N–H and O–H groups in total. The summed E-state index contributed by atoms with van der Waals surface area (Å²) < 4.78 is 19.4. The molecule has 1 aromatic rings. The predicted molar refractivity (Wildman–Crippen MR) is 86.2 cm³/mol. The summed E-state index contributed by atoms with van der Waals surface area (Å²) in [4.78, 5) is 37.6. The summed E-state index contributed by atoms with van der Waals surface area (Å²) in [6.07, 6.45) is 1.11. The number of nitrogens with zero attached hydrogens (tertiary/aromatic N) is 2. The first kappa shape index (κ1) is 17.2. The van der Waals surface area contributed by atoms with Gasteiger partial charge in [-0.3, -0.25) is 9.59 Å². The van der Waals surface area contributed by atoms with E-state index in [0.717, 1.165) is 11.3 Å².